The van der Waals surface area contributed by atoms with E-state index in [-0.39, 0.29) is 37.5 Å². The number of hydrogen-bond donors (Lipinski definition) is 1. The van der Waals surface area contributed by atoms with E-state index in [9.17, 15) is 14.4 Å². The Bertz CT molecular complexity index is 1180. The first-order chi connectivity index (χ1) is 18.4. The van der Waals surface area contributed by atoms with Gasteiger partial charge >= 0.3 is 5.97 Å². The molecule has 3 atom stereocenters. The topological polar surface area (TPSA) is 111 Å². The normalized spacial score (nSPS) is 20.5. The van der Waals surface area contributed by atoms with Crippen LogP contribution in [0.4, 0.5) is 0 Å². The van der Waals surface area contributed by atoms with Crippen LogP contribution in [0.25, 0.3) is 0 Å². The Morgan fingerprint density at radius 1 is 1.15 bits per heavy atom. The van der Waals surface area contributed by atoms with Gasteiger partial charge in [0.1, 0.15) is 24.0 Å². The van der Waals surface area contributed by atoms with E-state index in [4.69, 9.17) is 19.9 Å². The summed E-state index contributed by atoms with van der Waals surface area (Å²) in [5, 5.41) is 1.80. The molecule has 0 spiro atoms. The highest BCUT2D eigenvalue weighted by molar-refractivity contribution is 7.10. The van der Waals surface area contributed by atoms with Crippen molar-refractivity contribution in [3.05, 3.63) is 51.2 Å². The van der Waals surface area contributed by atoms with E-state index in [0.717, 1.165) is 35.8 Å². The van der Waals surface area contributed by atoms with Crippen LogP contribution >= 0.6 is 11.3 Å². The van der Waals surface area contributed by atoms with Crippen LogP contribution in [0.15, 0.2) is 29.6 Å². The van der Waals surface area contributed by atoms with Crippen molar-refractivity contribution in [3.63, 3.8) is 0 Å². The lowest BCUT2D eigenvalue weighted by atomic mass is 10.1. The number of thiophene rings is 1. The number of carbonyl (C=O) groups is 3. The maximum Gasteiger partial charge on any atom is 0.306 e. The Morgan fingerprint density at radius 3 is 2.44 bits per heavy atom. The molecule has 0 aliphatic carbocycles. The largest absolute Gasteiger partial charge is 0.488 e. The number of rotatable bonds is 10. The molecule has 0 saturated carbocycles. The molecule has 1 aromatic carbocycles. The lowest BCUT2D eigenvalue weighted by molar-refractivity contribution is -0.155. The number of ether oxygens (including phenoxy) is 3. The Balaban J connectivity index is 1.33. The molecule has 0 radical (unpaired) electrons. The van der Waals surface area contributed by atoms with E-state index < -0.39 is 23.5 Å². The van der Waals surface area contributed by atoms with E-state index in [1.807, 2.05) is 12.1 Å². The molecule has 2 unspecified atom stereocenters. The van der Waals surface area contributed by atoms with Gasteiger partial charge in [0.25, 0.3) is 5.91 Å². The number of fused-ring (bicyclic) bond motifs is 1. The first-order valence-electron chi connectivity index (χ1n) is 13.4. The monoisotopic (exact) mass is 557 g/mol. The summed E-state index contributed by atoms with van der Waals surface area (Å²) < 4.78 is 17.2. The van der Waals surface area contributed by atoms with Crippen LogP contribution in [0.3, 0.4) is 0 Å². The number of esters is 1. The van der Waals surface area contributed by atoms with Gasteiger partial charge in [-0.1, -0.05) is 12.1 Å². The Kier molecular flexibility index (Phi) is 8.98. The summed E-state index contributed by atoms with van der Waals surface area (Å²) in [6, 6.07) is 7.20. The number of morpholine rings is 1. The number of nitrogens with two attached hydrogens (primary N) is 1. The molecule has 1 fully saturated rings. The zero-order valence-corrected chi connectivity index (χ0v) is 24.2. The molecule has 2 aliphatic rings. The molecular formula is C29H39N3O6S. The lowest BCUT2D eigenvalue weighted by Gasteiger charge is -2.35. The quantitative estimate of drug-likeness (QED) is 0.442. The number of nitrogens with zero attached hydrogens (tertiary/aromatic N) is 2. The van der Waals surface area contributed by atoms with Gasteiger partial charge in [-0.25, -0.2) is 0 Å². The molecule has 39 heavy (non-hydrogen) atoms. The molecule has 9 nitrogen and oxygen atoms in total. The summed E-state index contributed by atoms with van der Waals surface area (Å²) in [4.78, 5) is 42.3. The fourth-order valence-corrected chi connectivity index (χ4v) is 6.10. The van der Waals surface area contributed by atoms with E-state index in [1.54, 1.807) is 26.2 Å². The molecule has 2 amide bonds. The molecule has 1 aromatic heterocycles. The number of benzene rings is 1. The van der Waals surface area contributed by atoms with Crippen LogP contribution in [0.2, 0.25) is 0 Å². The molecule has 212 valence electrons. The van der Waals surface area contributed by atoms with Crippen LogP contribution in [-0.4, -0.2) is 64.5 Å². The van der Waals surface area contributed by atoms with Gasteiger partial charge in [-0.15, -0.1) is 11.3 Å². The van der Waals surface area contributed by atoms with Gasteiger partial charge in [-0.2, -0.15) is 0 Å². The third-order valence-corrected chi connectivity index (χ3v) is 7.74. The molecular weight excluding hydrogens is 518 g/mol. The molecule has 0 bridgehead atoms. The first kappa shape index (κ1) is 29.0. The van der Waals surface area contributed by atoms with Crippen LogP contribution in [0, 0.1) is 0 Å². The molecule has 2 aliphatic heterocycles. The van der Waals surface area contributed by atoms with Crippen molar-refractivity contribution in [2.24, 2.45) is 5.73 Å². The summed E-state index contributed by atoms with van der Waals surface area (Å²) >= 11 is 1.47. The molecule has 10 heteroatoms. The Hall–Kier alpha value is -2.95. The predicted molar refractivity (Wildman–Crippen MR) is 148 cm³/mol. The van der Waals surface area contributed by atoms with Crippen molar-refractivity contribution >= 4 is 29.1 Å². The summed E-state index contributed by atoms with van der Waals surface area (Å²) in [5.41, 5.74) is 7.64. The average Bonchev–Trinajstić information content (AvgIpc) is 3.37. The standard InChI is InChI=1S/C29H39N3O6S/c1-18-12-31(13-19(2)37-18)14-20-6-8-21(9-7-20)36-16-25-22-15-32(28(35)23(22)17-39-25)24(27(30)34)10-11-26(33)38-29(3,4)5/h6-9,17-19,24H,10-16H2,1-5H3,(H2,30,34)/t18?,19?,24-/m0/s1. The minimum Gasteiger partial charge on any atom is -0.488 e. The zero-order valence-electron chi connectivity index (χ0n) is 23.4. The van der Waals surface area contributed by atoms with Crippen molar-refractivity contribution in [1.82, 2.24) is 9.80 Å². The first-order valence-corrected chi connectivity index (χ1v) is 14.3. The highest BCUT2D eigenvalue weighted by Crippen LogP contribution is 2.34. The third kappa shape index (κ3) is 7.58. The van der Waals surface area contributed by atoms with Gasteiger partial charge in [-0.05, 0) is 58.7 Å². The van der Waals surface area contributed by atoms with E-state index >= 15 is 0 Å². The fourth-order valence-electron chi connectivity index (χ4n) is 5.16. The van der Waals surface area contributed by atoms with Crippen LogP contribution in [0.5, 0.6) is 5.75 Å². The number of amides is 2. The van der Waals surface area contributed by atoms with Gasteiger partial charge < -0.3 is 24.8 Å². The summed E-state index contributed by atoms with van der Waals surface area (Å²) in [7, 11) is 0. The molecule has 2 N–H and O–H groups in total. The summed E-state index contributed by atoms with van der Waals surface area (Å²) in [6.07, 6.45) is 0.575. The number of hydrogen-bond acceptors (Lipinski definition) is 8. The van der Waals surface area contributed by atoms with E-state index in [1.165, 1.54) is 21.8 Å². The Morgan fingerprint density at radius 2 is 1.82 bits per heavy atom. The van der Waals surface area contributed by atoms with Crippen LogP contribution in [0.1, 0.15) is 73.8 Å². The lowest BCUT2D eigenvalue weighted by Crippen LogP contribution is -2.45. The van der Waals surface area contributed by atoms with Crippen molar-refractivity contribution < 1.29 is 28.6 Å². The van der Waals surface area contributed by atoms with Gasteiger partial charge in [0.2, 0.25) is 5.91 Å². The third-order valence-electron chi connectivity index (χ3n) is 6.74. The molecule has 3 heterocycles. The molecule has 4 rings (SSSR count). The Labute approximate surface area is 234 Å². The maximum absolute atomic E-state index is 13.1. The van der Waals surface area contributed by atoms with E-state index in [2.05, 4.69) is 30.9 Å². The van der Waals surface area contributed by atoms with Crippen molar-refractivity contribution in [3.8, 4) is 5.75 Å². The zero-order chi connectivity index (χ0) is 28.3. The number of primary amides is 1. The van der Waals surface area contributed by atoms with Gasteiger partial charge in [0.15, 0.2) is 0 Å². The minimum absolute atomic E-state index is 0.00292. The number of carbonyl (C=O) groups excluding carboxylic acids is 3. The second-order valence-electron chi connectivity index (χ2n) is 11.4. The van der Waals surface area contributed by atoms with Crippen LogP contribution in [-0.2, 0) is 38.8 Å². The molecule has 2 aromatic rings. The highest BCUT2D eigenvalue weighted by Gasteiger charge is 2.38. The smallest absolute Gasteiger partial charge is 0.306 e. The highest BCUT2D eigenvalue weighted by atomic mass is 32.1. The van der Waals surface area contributed by atoms with Crippen molar-refractivity contribution in [1.29, 1.82) is 0 Å². The second kappa shape index (κ2) is 12.1. The summed E-state index contributed by atoms with van der Waals surface area (Å²) in [6.45, 7) is 12.8. The average molecular weight is 558 g/mol. The van der Waals surface area contributed by atoms with Gasteiger partial charge in [0.05, 0.1) is 17.8 Å². The second-order valence-corrected chi connectivity index (χ2v) is 12.4. The van der Waals surface area contributed by atoms with E-state index in [0.29, 0.717) is 12.2 Å². The fraction of sp³-hybridized carbons (Fsp3) is 0.552. The van der Waals surface area contributed by atoms with Crippen molar-refractivity contribution in [2.45, 2.75) is 91.0 Å². The van der Waals surface area contributed by atoms with Gasteiger partial charge in [-0.3, -0.25) is 19.3 Å². The van der Waals surface area contributed by atoms with Crippen LogP contribution < -0.4 is 10.5 Å². The van der Waals surface area contributed by atoms with Crippen molar-refractivity contribution in [2.75, 3.05) is 13.1 Å². The molecule has 1 saturated heterocycles. The summed E-state index contributed by atoms with van der Waals surface area (Å²) in [5.74, 6) is -0.571. The predicted octanol–water partition coefficient (Wildman–Crippen LogP) is 3.87. The van der Waals surface area contributed by atoms with Gasteiger partial charge in [0, 0.05) is 48.4 Å². The maximum atomic E-state index is 13.1. The SMILES string of the molecule is CC1CN(Cc2ccc(OCc3scc4c3CN([C@@H](CCC(=O)OC(C)(C)C)C(N)=O)C4=O)cc2)CC(C)O1. The minimum atomic E-state index is -0.888.